The van der Waals surface area contributed by atoms with Crippen LogP contribution < -0.4 is 10.6 Å². The van der Waals surface area contributed by atoms with Gasteiger partial charge in [0.1, 0.15) is 0 Å². The van der Waals surface area contributed by atoms with Gasteiger partial charge >= 0.3 is 0 Å². The van der Waals surface area contributed by atoms with E-state index < -0.39 is 12.0 Å². The van der Waals surface area contributed by atoms with Crippen molar-refractivity contribution in [3.63, 3.8) is 0 Å². The number of hydrogen-bond donors (Lipinski definition) is 2. The highest BCUT2D eigenvalue weighted by Gasteiger charge is 2.45. The molecule has 3 rings (SSSR count). The molecule has 108 valence electrons. The fourth-order valence-corrected chi connectivity index (χ4v) is 4.24. The van der Waals surface area contributed by atoms with E-state index in [1.165, 1.54) is 25.7 Å². The standard InChI is InChI=1S/C14H22F2N2O/c1-8(11-5-9-2-3-10(11)4-9)18-13(19)12-6-14(15,16)7-17-12/h8-12,17H,2-7H2,1H3,(H,18,19). The van der Waals surface area contributed by atoms with Crippen molar-refractivity contribution in [3.8, 4) is 0 Å². The average Bonchev–Trinajstić information content (AvgIpc) is 3.02. The molecule has 5 atom stereocenters. The van der Waals surface area contributed by atoms with Gasteiger partial charge in [0.05, 0.1) is 12.6 Å². The van der Waals surface area contributed by atoms with Crippen LogP contribution in [0.4, 0.5) is 8.78 Å². The molecule has 3 fully saturated rings. The quantitative estimate of drug-likeness (QED) is 0.824. The summed E-state index contributed by atoms with van der Waals surface area (Å²) in [7, 11) is 0. The van der Waals surface area contributed by atoms with Gasteiger partial charge in [-0.1, -0.05) is 6.42 Å². The van der Waals surface area contributed by atoms with Gasteiger partial charge in [-0.3, -0.25) is 10.1 Å². The lowest BCUT2D eigenvalue weighted by Gasteiger charge is -2.29. The van der Waals surface area contributed by atoms with Crippen LogP contribution in [0.25, 0.3) is 0 Å². The van der Waals surface area contributed by atoms with Crippen molar-refractivity contribution < 1.29 is 13.6 Å². The van der Waals surface area contributed by atoms with E-state index in [0.717, 1.165) is 11.8 Å². The SMILES string of the molecule is CC(NC(=O)C1CC(F)(F)CN1)C1CC2CCC1C2. The third-order valence-electron chi connectivity index (χ3n) is 5.23. The molecule has 1 amide bonds. The lowest BCUT2D eigenvalue weighted by Crippen LogP contribution is -2.47. The number of nitrogens with one attached hydrogen (secondary N) is 2. The van der Waals surface area contributed by atoms with Crippen molar-refractivity contribution in [2.45, 2.75) is 57.0 Å². The Kier molecular flexibility index (Phi) is 3.28. The third kappa shape index (κ3) is 2.62. The van der Waals surface area contributed by atoms with Gasteiger partial charge in [-0.05, 0) is 43.9 Å². The number of rotatable bonds is 3. The molecular weight excluding hydrogens is 250 g/mol. The lowest BCUT2D eigenvalue weighted by atomic mass is 9.84. The molecule has 2 saturated carbocycles. The zero-order chi connectivity index (χ0) is 13.6. The summed E-state index contributed by atoms with van der Waals surface area (Å²) in [6.45, 7) is 1.64. The van der Waals surface area contributed by atoms with Crippen LogP contribution in [0, 0.1) is 17.8 Å². The Hall–Kier alpha value is -0.710. The van der Waals surface area contributed by atoms with Crippen LogP contribution in [-0.2, 0) is 4.79 Å². The summed E-state index contributed by atoms with van der Waals surface area (Å²) in [5.74, 6) is -0.879. The van der Waals surface area contributed by atoms with Gasteiger partial charge in [0, 0.05) is 12.5 Å². The maximum Gasteiger partial charge on any atom is 0.262 e. The van der Waals surface area contributed by atoms with Crippen LogP contribution in [-0.4, -0.2) is 30.5 Å². The van der Waals surface area contributed by atoms with Gasteiger partial charge in [-0.25, -0.2) is 8.78 Å². The number of halogens is 2. The second kappa shape index (κ2) is 4.69. The molecule has 5 unspecified atom stereocenters. The molecule has 1 heterocycles. The van der Waals surface area contributed by atoms with E-state index in [2.05, 4.69) is 10.6 Å². The number of carbonyl (C=O) groups is 1. The molecule has 0 radical (unpaired) electrons. The van der Waals surface area contributed by atoms with Crippen LogP contribution >= 0.6 is 0 Å². The van der Waals surface area contributed by atoms with Crippen molar-refractivity contribution in [1.29, 1.82) is 0 Å². The molecule has 5 heteroatoms. The Morgan fingerprint density at radius 3 is 2.68 bits per heavy atom. The fourth-order valence-electron chi connectivity index (χ4n) is 4.24. The smallest absolute Gasteiger partial charge is 0.262 e. The first-order valence-corrected chi connectivity index (χ1v) is 7.36. The van der Waals surface area contributed by atoms with E-state index in [1.807, 2.05) is 6.92 Å². The molecule has 19 heavy (non-hydrogen) atoms. The van der Waals surface area contributed by atoms with Crippen LogP contribution in [0.1, 0.15) is 39.0 Å². The van der Waals surface area contributed by atoms with E-state index in [0.29, 0.717) is 5.92 Å². The molecular formula is C14H22F2N2O. The fraction of sp³-hybridized carbons (Fsp3) is 0.929. The summed E-state index contributed by atoms with van der Waals surface area (Å²) in [5.41, 5.74) is 0. The highest BCUT2D eigenvalue weighted by Crippen LogP contribution is 2.49. The Balaban J connectivity index is 1.52. The Labute approximate surface area is 112 Å². The summed E-state index contributed by atoms with van der Waals surface area (Å²) >= 11 is 0. The molecule has 0 aromatic rings. The average molecular weight is 272 g/mol. The minimum absolute atomic E-state index is 0.110. The van der Waals surface area contributed by atoms with Crippen molar-refractivity contribution >= 4 is 5.91 Å². The molecule has 3 aliphatic rings. The number of fused-ring (bicyclic) bond motifs is 2. The van der Waals surface area contributed by atoms with E-state index in [9.17, 15) is 13.6 Å². The molecule has 0 aromatic carbocycles. The molecule has 0 aromatic heterocycles. The largest absolute Gasteiger partial charge is 0.352 e. The number of carbonyl (C=O) groups excluding carboxylic acids is 1. The van der Waals surface area contributed by atoms with E-state index >= 15 is 0 Å². The molecule has 2 aliphatic carbocycles. The number of amides is 1. The lowest BCUT2D eigenvalue weighted by molar-refractivity contribution is -0.124. The number of alkyl halides is 2. The number of hydrogen-bond acceptors (Lipinski definition) is 2. The van der Waals surface area contributed by atoms with Crippen LogP contribution in [0.3, 0.4) is 0 Å². The summed E-state index contributed by atoms with van der Waals surface area (Å²) in [4.78, 5) is 12.0. The monoisotopic (exact) mass is 272 g/mol. The predicted octanol–water partition coefficient (Wildman–Crippen LogP) is 1.92. The highest BCUT2D eigenvalue weighted by atomic mass is 19.3. The zero-order valence-electron chi connectivity index (χ0n) is 11.3. The van der Waals surface area contributed by atoms with Crippen molar-refractivity contribution in [2.24, 2.45) is 17.8 Å². The zero-order valence-corrected chi connectivity index (χ0v) is 11.3. The maximum atomic E-state index is 13.1. The van der Waals surface area contributed by atoms with Crippen LogP contribution in [0.2, 0.25) is 0 Å². The minimum Gasteiger partial charge on any atom is -0.352 e. The van der Waals surface area contributed by atoms with Gasteiger partial charge in [0.2, 0.25) is 5.91 Å². The van der Waals surface area contributed by atoms with Crippen molar-refractivity contribution in [1.82, 2.24) is 10.6 Å². The van der Waals surface area contributed by atoms with Gasteiger partial charge < -0.3 is 5.32 Å². The van der Waals surface area contributed by atoms with E-state index in [4.69, 9.17) is 0 Å². The van der Waals surface area contributed by atoms with Gasteiger partial charge in [-0.15, -0.1) is 0 Å². The Morgan fingerprint density at radius 2 is 2.16 bits per heavy atom. The first-order valence-electron chi connectivity index (χ1n) is 7.36. The highest BCUT2D eigenvalue weighted by molar-refractivity contribution is 5.82. The van der Waals surface area contributed by atoms with Gasteiger partial charge in [0.25, 0.3) is 5.92 Å². The van der Waals surface area contributed by atoms with Crippen LogP contribution in [0.5, 0.6) is 0 Å². The second-order valence-corrected chi connectivity index (χ2v) is 6.63. The summed E-state index contributed by atoms with van der Waals surface area (Å²) in [6, 6.07) is -0.616. The van der Waals surface area contributed by atoms with Gasteiger partial charge in [0.15, 0.2) is 0 Å². The first-order chi connectivity index (χ1) is 8.94. The minimum atomic E-state index is -2.74. The van der Waals surface area contributed by atoms with Crippen LogP contribution in [0.15, 0.2) is 0 Å². The summed E-state index contributed by atoms with van der Waals surface area (Å²) in [6.07, 6.45) is 4.72. The Morgan fingerprint density at radius 1 is 1.37 bits per heavy atom. The molecule has 0 spiro atoms. The molecule has 3 nitrogen and oxygen atoms in total. The summed E-state index contributed by atoms with van der Waals surface area (Å²) in [5, 5.41) is 5.57. The van der Waals surface area contributed by atoms with E-state index in [1.54, 1.807) is 0 Å². The molecule has 2 bridgehead atoms. The Bertz CT molecular complexity index is 374. The van der Waals surface area contributed by atoms with Gasteiger partial charge in [-0.2, -0.15) is 0 Å². The summed E-state index contributed by atoms with van der Waals surface area (Å²) < 4.78 is 26.1. The van der Waals surface area contributed by atoms with E-state index in [-0.39, 0.29) is 24.9 Å². The molecule has 1 aliphatic heterocycles. The normalized spacial score (nSPS) is 41.4. The second-order valence-electron chi connectivity index (χ2n) is 6.63. The van der Waals surface area contributed by atoms with Crippen molar-refractivity contribution in [2.75, 3.05) is 6.54 Å². The maximum absolute atomic E-state index is 13.1. The first kappa shape index (κ1) is 13.3. The molecule has 1 saturated heterocycles. The molecule has 2 N–H and O–H groups in total. The topological polar surface area (TPSA) is 41.1 Å². The van der Waals surface area contributed by atoms with Crippen molar-refractivity contribution in [3.05, 3.63) is 0 Å². The third-order valence-corrected chi connectivity index (χ3v) is 5.23. The predicted molar refractivity (Wildman–Crippen MR) is 67.9 cm³/mol.